The first-order valence-electron chi connectivity index (χ1n) is 6.12. The van der Waals surface area contributed by atoms with E-state index < -0.39 is 7.81 Å². The molecular weight excluding hydrogens is 333 g/mol. The quantitative estimate of drug-likeness (QED) is 0.450. The molecule has 0 unspecified atom stereocenters. The van der Waals surface area contributed by atoms with Crippen LogP contribution in [-0.2, 0) is 13.7 Å². The Bertz CT molecular complexity index is 659. The molecule has 2 rings (SSSR count). The van der Waals surface area contributed by atoms with Gasteiger partial charge < -0.3 is 0 Å². The van der Waals surface area contributed by atoms with Crippen LogP contribution >= 0.6 is 7.81 Å². The van der Waals surface area contributed by atoms with Crippen LogP contribution in [0, 0.1) is 20.8 Å². The molecule has 0 saturated heterocycles. The van der Waals surface area contributed by atoms with Gasteiger partial charge in [0.2, 0.25) is 0 Å². The van der Waals surface area contributed by atoms with E-state index in [9.17, 15) is 25.2 Å². The van der Waals surface area contributed by atoms with Crippen molar-refractivity contribution >= 4 is 7.81 Å². The second-order valence-corrected chi connectivity index (χ2v) is 6.87. The first-order chi connectivity index (χ1) is 9.52. The standard InChI is InChI=1S/C11H17N4.F6P/c1-9-7-10(2)15(12-9)8-14-6-5-13(4)11(14)3;1-7(2,3,4,5)6/h5-7H,8H2,1-4H3;/q+1;-1. The molecule has 0 saturated carbocycles. The van der Waals surface area contributed by atoms with Gasteiger partial charge in [0, 0.05) is 12.6 Å². The van der Waals surface area contributed by atoms with E-state index in [1.807, 2.05) is 18.7 Å². The molecule has 0 radical (unpaired) electrons. The first-order valence-corrected chi connectivity index (χ1v) is 8.14. The van der Waals surface area contributed by atoms with Crippen LogP contribution in [0.2, 0.25) is 0 Å². The SMILES string of the molecule is Cc1cc(C)n(Cn2cc[n+](C)c2C)n1.F[P-](F)(F)(F)(F)F. The van der Waals surface area contributed by atoms with Crippen LogP contribution in [0.5, 0.6) is 0 Å². The molecule has 0 aliphatic heterocycles. The van der Waals surface area contributed by atoms with E-state index >= 15 is 0 Å². The fraction of sp³-hybridized carbons (Fsp3) is 0.455. The van der Waals surface area contributed by atoms with Crippen LogP contribution in [0.25, 0.3) is 0 Å². The number of hydrogen-bond acceptors (Lipinski definition) is 1. The Kier molecular flexibility index (Phi) is 4.18. The van der Waals surface area contributed by atoms with Gasteiger partial charge in [-0.3, -0.25) is 0 Å². The van der Waals surface area contributed by atoms with Crippen LogP contribution in [0.15, 0.2) is 18.5 Å². The Morgan fingerprint density at radius 1 is 1.09 bits per heavy atom. The molecular formula is C11H17F6N4P. The van der Waals surface area contributed by atoms with Crippen LogP contribution in [0.4, 0.5) is 25.2 Å². The zero-order valence-electron chi connectivity index (χ0n) is 12.4. The molecule has 0 amide bonds. The summed E-state index contributed by atoms with van der Waals surface area (Å²) in [4.78, 5) is 0. The topological polar surface area (TPSA) is 26.6 Å². The van der Waals surface area contributed by atoms with Crippen LogP contribution in [-0.4, -0.2) is 14.3 Å². The first kappa shape index (κ1) is 18.5. The van der Waals surface area contributed by atoms with Gasteiger partial charge in [0.05, 0.1) is 12.7 Å². The van der Waals surface area contributed by atoms with Gasteiger partial charge in [0.15, 0.2) is 6.67 Å². The summed E-state index contributed by atoms with van der Waals surface area (Å²) in [5.41, 5.74) is 2.27. The van der Waals surface area contributed by atoms with Gasteiger partial charge in [-0.1, -0.05) is 0 Å². The number of imidazole rings is 1. The van der Waals surface area contributed by atoms with E-state index in [0.29, 0.717) is 0 Å². The molecule has 0 atom stereocenters. The number of aromatic nitrogens is 4. The fourth-order valence-corrected chi connectivity index (χ4v) is 1.71. The predicted molar refractivity (Wildman–Crippen MR) is 71.0 cm³/mol. The maximum atomic E-state index is 9.87. The predicted octanol–water partition coefficient (Wildman–Crippen LogP) is 4.32. The van der Waals surface area contributed by atoms with E-state index in [4.69, 9.17) is 0 Å². The molecule has 4 nitrogen and oxygen atoms in total. The van der Waals surface area contributed by atoms with Gasteiger partial charge in [-0.05, 0) is 19.9 Å². The van der Waals surface area contributed by atoms with Crippen LogP contribution in [0.1, 0.15) is 17.2 Å². The van der Waals surface area contributed by atoms with Gasteiger partial charge in [-0.25, -0.2) is 13.8 Å². The Balaban J connectivity index is 0.000000295. The summed E-state index contributed by atoms with van der Waals surface area (Å²) in [7, 11) is -8.61. The van der Waals surface area contributed by atoms with Crippen molar-refractivity contribution in [2.45, 2.75) is 27.4 Å². The molecule has 0 fully saturated rings. The van der Waals surface area contributed by atoms with Gasteiger partial charge in [-0.2, -0.15) is 5.10 Å². The zero-order chi connectivity index (χ0) is 17.4. The Morgan fingerprint density at radius 2 is 1.59 bits per heavy atom. The molecule has 2 heterocycles. The Morgan fingerprint density at radius 3 is 1.91 bits per heavy atom. The number of halogens is 6. The van der Waals surface area contributed by atoms with Gasteiger partial charge in [-0.15, -0.1) is 0 Å². The number of aryl methyl sites for hydroxylation is 3. The minimum absolute atomic E-state index is 0.784. The molecule has 0 aliphatic carbocycles. The van der Waals surface area contributed by atoms with E-state index in [-0.39, 0.29) is 0 Å². The summed E-state index contributed by atoms with van der Waals surface area (Å²) >= 11 is 0. The Labute approximate surface area is 123 Å². The monoisotopic (exact) mass is 350 g/mol. The zero-order valence-corrected chi connectivity index (χ0v) is 13.3. The van der Waals surface area contributed by atoms with E-state index in [1.54, 1.807) is 0 Å². The second kappa shape index (κ2) is 4.97. The van der Waals surface area contributed by atoms with Crippen molar-refractivity contribution in [2.24, 2.45) is 7.05 Å². The Hall–Kier alpha value is -1.57. The number of nitrogens with zero attached hydrogens (tertiary/aromatic N) is 4. The van der Waals surface area contributed by atoms with Crippen molar-refractivity contribution in [3.8, 4) is 0 Å². The molecule has 0 aromatic carbocycles. The third-order valence-electron chi connectivity index (χ3n) is 2.79. The molecule has 0 aliphatic rings. The summed E-state index contributed by atoms with van der Waals surface area (Å²) in [6.07, 6.45) is 4.13. The number of hydrogen-bond donors (Lipinski definition) is 0. The molecule has 0 bridgehead atoms. The third-order valence-corrected chi connectivity index (χ3v) is 2.79. The molecule has 0 N–H and O–H groups in total. The summed E-state index contributed by atoms with van der Waals surface area (Å²) in [5.74, 6) is 1.22. The second-order valence-electron chi connectivity index (χ2n) is 4.95. The third kappa shape index (κ3) is 7.44. The molecule has 128 valence electrons. The van der Waals surface area contributed by atoms with Crippen molar-refractivity contribution in [1.29, 1.82) is 0 Å². The van der Waals surface area contributed by atoms with Crippen molar-refractivity contribution in [3.05, 3.63) is 35.7 Å². The van der Waals surface area contributed by atoms with Crippen molar-refractivity contribution in [2.75, 3.05) is 0 Å². The maximum absolute atomic E-state index is 10.7. The summed E-state index contributed by atoms with van der Waals surface area (Å²) < 4.78 is 65.5. The normalized spacial score (nSPS) is 14.8. The van der Waals surface area contributed by atoms with E-state index in [1.165, 1.54) is 11.5 Å². The average Bonchev–Trinajstić information content (AvgIpc) is 2.71. The molecule has 22 heavy (non-hydrogen) atoms. The van der Waals surface area contributed by atoms with Gasteiger partial charge in [0.25, 0.3) is 5.82 Å². The average molecular weight is 350 g/mol. The van der Waals surface area contributed by atoms with Gasteiger partial charge >= 0.3 is 33.0 Å². The van der Waals surface area contributed by atoms with Gasteiger partial charge in [0.1, 0.15) is 12.4 Å². The summed E-state index contributed by atoms with van der Waals surface area (Å²) in [6, 6.07) is 2.10. The molecule has 2 aromatic rings. The van der Waals surface area contributed by atoms with Crippen LogP contribution in [0.3, 0.4) is 0 Å². The molecule has 2 aromatic heterocycles. The molecule has 0 spiro atoms. The fourth-order valence-electron chi connectivity index (χ4n) is 1.71. The van der Waals surface area contributed by atoms with E-state index in [0.717, 1.165) is 12.4 Å². The van der Waals surface area contributed by atoms with Crippen molar-refractivity contribution in [3.63, 3.8) is 0 Å². The summed E-state index contributed by atoms with van der Waals surface area (Å²) in [6.45, 7) is 6.99. The van der Waals surface area contributed by atoms with Crippen LogP contribution < -0.4 is 4.57 Å². The summed E-state index contributed by atoms with van der Waals surface area (Å²) in [5, 5.41) is 4.44. The van der Waals surface area contributed by atoms with Crippen molar-refractivity contribution in [1.82, 2.24) is 14.3 Å². The van der Waals surface area contributed by atoms with E-state index in [2.05, 4.69) is 46.5 Å². The number of rotatable bonds is 2. The minimum atomic E-state index is -10.7. The van der Waals surface area contributed by atoms with Crippen molar-refractivity contribution < 1.29 is 29.7 Å². The molecule has 11 heteroatoms.